The van der Waals surface area contributed by atoms with Crippen LogP contribution in [0, 0.1) is 0 Å². The van der Waals surface area contributed by atoms with Crippen LogP contribution in [0.2, 0.25) is 0 Å². The van der Waals surface area contributed by atoms with Crippen LogP contribution in [0.3, 0.4) is 0 Å². The Morgan fingerprint density at radius 1 is 0.409 bits per heavy atom. The van der Waals surface area contributed by atoms with Gasteiger partial charge in [0.15, 0.2) is 57.5 Å². The fourth-order valence-electron chi connectivity index (χ4n) is 6.22. The van der Waals surface area contributed by atoms with Crippen LogP contribution in [0.5, 0.6) is 57.5 Å². The quantitative estimate of drug-likeness (QED) is 0.0430. The van der Waals surface area contributed by atoms with Gasteiger partial charge >= 0.3 is 23.8 Å². The van der Waals surface area contributed by atoms with Crippen molar-refractivity contribution in [3.63, 3.8) is 0 Å². The second-order valence-electron chi connectivity index (χ2n) is 15.6. The first-order valence-corrected chi connectivity index (χ1v) is 25.8. The van der Waals surface area contributed by atoms with E-state index < -0.39 is 23.8 Å². The first-order chi connectivity index (χ1) is 32.5. The predicted molar refractivity (Wildman–Crippen MR) is 240 cm³/mol. The summed E-state index contributed by atoms with van der Waals surface area (Å²) in [6.45, 7) is 4.57. The summed E-state index contributed by atoms with van der Waals surface area (Å²) in [5.74, 6) is 3.69. The molecule has 6 heterocycles. The molecular formula is C45H46N3O15P3. The molecule has 0 radical (unpaired) electrons. The normalized spacial score (nSPS) is 27.4. The van der Waals surface area contributed by atoms with Gasteiger partial charge in [-0.15, -0.1) is 13.9 Å². The van der Waals surface area contributed by atoms with Gasteiger partial charge in [-0.05, 0) is 60.7 Å². The molecule has 18 nitrogen and oxygen atoms in total. The number of epoxide rings is 5. The number of benzene rings is 5. The summed E-state index contributed by atoms with van der Waals surface area (Å²) >= 11 is 0. The summed E-state index contributed by atoms with van der Waals surface area (Å²) < 4.78 is 105. The topological polar surface area (TPSA) is 192 Å². The molecule has 5 aromatic rings. The van der Waals surface area contributed by atoms with E-state index in [4.69, 9.17) is 79.0 Å². The molecule has 6 aliphatic heterocycles. The first kappa shape index (κ1) is 43.3. The number of ether oxygens (including phenoxy) is 10. The molecule has 0 saturated carbocycles. The fraction of sp³-hybridized carbons (Fsp3) is 0.333. The van der Waals surface area contributed by atoms with Crippen molar-refractivity contribution in [1.29, 1.82) is 0 Å². The molecule has 0 spiro atoms. The van der Waals surface area contributed by atoms with Gasteiger partial charge < -0.3 is 70.0 Å². The smallest absolute Gasteiger partial charge is 0.457 e. The zero-order valence-electron chi connectivity index (χ0n) is 35.4. The Bertz CT molecular complexity index is 2480. The van der Waals surface area contributed by atoms with Crippen molar-refractivity contribution in [2.45, 2.75) is 30.5 Å². The van der Waals surface area contributed by atoms with Gasteiger partial charge in [-0.1, -0.05) is 60.7 Å². The maximum atomic E-state index is 7.14. The van der Waals surface area contributed by atoms with Crippen molar-refractivity contribution < 1.29 is 70.0 Å². The lowest BCUT2D eigenvalue weighted by Gasteiger charge is -2.35. The van der Waals surface area contributed by atoms with Crippen LogP contribution < -0.4 is 51.2 Å². The van der Waals surface area contributed by atoms with E-state index in [9.17, 15) is 0 Å². The molecule has 5 aromatic carbocycles. The van der Waals surface area contributed by atoms with E-state index in [1.54, 1.807) is 54.6 Å². The van der Waals surface area contributed by atoms with Crippen molar-refractivity contribution in [2.24, 2.45) is 9.03 Å². The summed E-state index contributed by atoms with van der Waals surface area (Å²) in [5.41, 5.74) is 0. The Hall–Kier alpha value is -5.25. The third kappa shape index (κ3) is 11.6. The maximum Gasteiger partial charge on any atom is 0.457 e. The van der Waals surface area contributed by atoms with E-state index in [2.05, 4.69) is 4.86 Å². The molecule has 1 N–H and O–H groups in total. The van der Waals surface area contributed by atoms with Gasteiger partial charge in [0.1, 0.15) is 63.6 Å². The molecule has 5 saturated heterocycles. The molecule has 5 fully saturated rings. The summed E-state index contributed by atoms with van der Waals surface area (Å²) in [6.07, 6.45) is -0.156. The van der Waals surface area contributed by atoms with Crippen LogP contribution >= 0.6 is 23.8 Å². The van der Waals surface area contributed by atoms with Gasteiger partial charge in [0.25, 0.3) is 0 Å². The number of hydrogen-bond donors (Lipinski definition) is 1. The average molecular weight is 962 g/mol. The van der Waals surface area contributed by atoms with Crippen molar-refractivity contribution in [3.8, 4) is 57.5 Å². The van der Waals surface area contributed by atoms with E-state index in [1.807, 2.05) is 66.7 Å². The van der Waals surface area contributed by atoms with Crippen LogP contribution in [0.4, 0.5) is 0 Å². The molecule has 66 heavy (non-hydrogen) atoms. The SMILES string of the molecule is c1ccc(OP2N=P(Oc3ccccc3OCC3CO3)(Oc3ccccc3OCC3CO3)N=P(Oc3ccccc3OCC3CO3)(Oc3ccccc3OCC3CO3)N2)c(OCC2CO2)c1. The van der Waals surface area contributed by atoms with Gasteiger partial charge in [-0.3, -0.25) is 0 Å². The van der Waals surface area contributed by atoms with E-state index in [0.717, 1.165) is 0 Å². The molecule has 0 amide bonds. The summed E-state index contributed by atoms with van der Waals surface area (Å²) in [6, 6.07) is 36.2. The van der Waals surface area contributed by atoms with E-state index in [1.165, 1.54) is 0 Å². The number of nitrogens with one attached hydrogen (secondary N) is 1. The zero-order valence-corrected chi connectivity index (χ0v) is 38.0. The lowest BCUT2D eigenvalue weighted by Crippen LogP contribution is -2.21. The first-order valence-electron chi connectivity index (χ1n) is 21.5. The lowest BCUT2D eigenvalue weighted by atomic mass is 10.3. The van der Waals surface area contributed by atoms with Crippen LogP contribution in [0.1, 0.15) is 0 Å². The summed E-state index contributed by atoms with van der Waals surface area (Å²) in [4.78, 5) is 3.49. The molecule has 346 valence electrons. The molecule has 6 unspecified atom stereocenters. The Labute approximate surface area is 381 Å². The summed E-state index contributed by atoms with van der Waals surface area (Å²) in [5, 5.41) is 0. The fourth-order valence-corrected chi connectivity index (χ4v) is 14.2. The highest BCUT2D eigenvalue weighted by atomic mass is 31.3. The van der Waals surface area contributed by atoms with Crippen LogP contribution in [0.15, 0.2) is 130 Å². The third-order valence-electron chi connectivity index (χ3n) is 10.1. The van der Waals surface area contributed by atoms with Crippen LogP contribution in [0.25, 0.3) is 0 Å². The van der Waals surface area contributed by atoms with Crippen molar-refractivity contribution in [2.75, 3.05) is 66.1 Å². The largest absolute Gasteiger partial charge is 0.487 e. The van der Waals surface area contributed by atoms with Gasteiger partial charge in [0.2, 0.25) is 0 Å². The van der Waals surface area contributed by atoms with Crippen molar-refractivity contribution in [1.82, 2.24) is 4.86 Å². The average Bonchev–Trinajstić information content (AvgIpc) is 4.11. The molecule has 21 heteroatoms. The standard InChI is InChI=1S/C45H46N3O15P3/c1-6-16-41(36(11-1)54-26-31-21-49-31)59-64-46-65(60-42-17-7-2-12-37(42)55-27-32-22-50-32,61-43-18-8-3-13-38(43)56-28-33-23-51-33)48-66(47-64,62-44-19-9-4-14-39(44)57-29-34-24-52-34)63-45-20-10-5-15-40(45)58-30-35-25-53-35/h1-20,31-35,46H,21-30H2. The molecule has 0 bridgehead atoms. The second kappa shape index (κ2) is 19.5. The minimum Gasteiger partial charge on any atom is -0.487 e. The number of rotatable bonds is 25. The van der Waals surface area contributed by atoms with Crippen LogP contribution in [-0.4, -0.2) is 96.6 Å². The number of para-hydroxylation sites is 10. The molecule has 11 rings (SSSR count). The Morgan fingerprint density at radius 2 is 0.682 bits per heavy atom. The molecule has 0 aliphatic carbocycles. The Morgan fingerprint density at radius 3 is 1.00 bits per heavy atom. The minimum atomic E-state index is -4.16. The molecular weight excluding hydrogens is 915 g/mol. The number of hydrogen-bond acceptors (Lipinski definition) is 18. The van der Waals surface area contributed by atoms with Crippen molar-refractivity contribution in [3.05, 3.63) is 121 Å². The van der Waals surface area contributed by atoms with Crippen molar-refractivity contribution >= 4 is 23.8 Å². The number of nitrogens with zero attached hydrogens (tertiary/aromatic N) is 2. The monoisotopic (exact) mass is 961 g/mol. The van der Waals surface area contributed by atoms with Gasteiger partial charge in [0.05, 0.1) is 33.0 Å². The van der Waals surface area contributed by atoms with E-state index in [-0.39, 0.29) is 42.0 Å². The molecule has 0 aromatic heterocycles. The zero-order chi connectivity index (χ0) is 44.2. The van der Waals surface area contributed by atoms with Gasteiger partial charge in [-0.25, -0.2) is 0 Å². The highest BCUT2D eigenvalue weighted by molar-refractivity contribution is 7.79. The highest BCUT2D eigenvalue weighted by Gasteiger charge is 2.47. The van der Waals surface area contributed by atoms with E-state index in [0.29, 0.717) is 112 Å². The Kier molecular flexibility index (Phi) is 12.8. The van der Waals surface area contributed by atoms with Crippen LogP contribution in [-0.2, 0) is 23.7 Å². The lowest BCUT2D eigenvalue weighted by molar-refractivity contribution is 0.254. The van der Waals surface area contributed by atoms with E-state index >= 15 is 0 Å². The predicted octanol–water partition coefficient (Wildman–Crippen LogP) is 8.99. The Balaban J connectivity index is 1.08. The second-order valence-corrected chi connectivity index (χ2v) is 21.3. The molecule has 6 atom stereocenters. The maximum absolute atomic E-state index is 7.14. The minimum absolute atomic E-state index is 0.00845. The van der Waals surface area contributed by atoms with Gasteiger partial charge in [0, 0.05) is 0 Å². The highest BCUT2D eigenvalue weighted by Crippen LogP contribution is 2.74. The summed E-state index contributed by atoms with van der Waals surface area (Å²) in [7, 11) is -10.5. The van der Waals surface area contributed by atoms with Gasteiger partial charge in [-0.2, -0.15) is 0 Å². The molecule has 6 aliphatic rings. The third-order valence-corrected chi connectivity index (χ3v) is 17.3.